The van der Waals surface area contributed by atoms with Crippen LogP contribution < -0.4 is 5.32 Å². The van der Waals surface area contributed by atoms with E-state index in [2.05, 4.69) is 11.4 Å². The van der Waals surface area contributed by atoms with Gasteiger partial charge in [-0.1, -0.05) is 35.5 Å². The number of aromatic nitrogens is 1. The number of urea groups is 1. The average Bonchev–Trinajstić information content (AvgIpc) is 3.61. The molecule has 0 bridgehead atoms. The summed E-state index contributed by atoms with van der Waals surface area (Å²) in [5.41, 5.74) is 4.72. The standard InChI is InChI=1S/C28H25ClN4O4S/c1-3-36-27(34)24-21(33(2)28(35)32-25(24)16-9-11-17(29)12-10-16)15-38-26-19(14-30)23(22-8-5-13-37-22)18-6-4-7-20(18)31-26/h5,8-13,25H,3-4,6-7,15H2,1-2H3,(H,32,35). The van der Waals surface area contributed by atoms with Crippen LogP contribution in [-0.2, 0) is 22.4 Å². The Morgan fingerprint density at radius 2 is 2.11 bits per heavy atom. The molecule has 1 aliphatic heterocycles. The first-order chi connectivity index (χ1) is 18.4. The third-order valence-electron chi connectivity index (χ3n) is 6.69. The van der Waals surface area contributed by atoms with Crippen molar-refractivity contribution >= 4 is 35.4 Å². The highest BCUT2D eigenvalue weighted by Gasteiger charge is 2.37. The predicted molar refractivity (Wildman–Crippen MR) is 144 cm³/mol. The minimum absolute atomic E-state index is 0.186. The van der Waals surface area contributed by atoms with Crippen LogP contribution in [0.1, 0.15) is 41.8 Å². The largest absolute Gasteiger partial charge is 0.464 e. The molecule has 0 spiro atoms. The zero-order chi connectivity index (χ0) is 26.8. The van der Waals surface area contributed by atoms with Gasteiger partial charge in [0, 0.05) is 34.8 Å². The number of halogens is 1. The summed E-state index contributed by atoms with van der Waals surface area (Å²) in [5, 5.41) is 14.2. The van der Waals surface area contributed by atoms with Crippen LogP contribution in [0, 0.1) is 11.3 Å². The number of fused-ring (bicyclic) bond motifs is 1. The fourth-order valence-electron chi connectivity index (χ4n) is 4.88. The molecule has 1 aromatic carbocycles. The molecule has 0 saturated heterocycles. The number of ether oxygens (including phenoxy) is 1. The van der Waals surface area contributed by atoms with Crippen molar-refractivity contribution < 1.29 is 18.7 Å². The molecule has 38 heavy (non-hydrogen) atoms. The summed E-state index contributed by atoms with van der Waals surface area (Å²) in [4.78, 5) is 32.5. The molecule has 5 rings (SSSR count). The summed E-state index contributed by atoms with van der Waals surface area (Å²) in [5.74, 6) is 0.334. The van der Waals surface area contributed by atoms with E-state index in [0.717, 1.165) is 36.1 Å². The van der Waals surface area contributed by atoms with E-state index in [1.54, 1.807) is 50.6 Å². The van der Waals surface area contributed by atoms with Crippen molar-refractivity contribution in [2.45, 2.75) is 37.3 Å². The predicted octanol–water partition coefficient (Wildman–Crippen LogP) is 5.66. The summed E-state index contributed by atoms with van der Waals surface area (Å²) in [6, 6.07) is 11.9. The number of nitrogens with one attached hydrogen (secondary N) is 1. The number of carbonyl (C=O) groups is 2. The van der Waals surface area contributed by atoms with Crippen LogP contribution in [0.25, 0.3) is 11.3 Å². The van der Waals surface area contributed by atoms with Gasteiger partial charge in [0.15, 0.2) is 0 Å². The molecule has 1 aliphatic carbocycles. The Bertz CT molecular complexity index is 1460. The Labute approximate surface area is 229 Å². The number of rotatable bonds is 7. The molecule has 10 heteroatoms. The lowest BCUT2D eigenvalue weighted by Gasteiger charge is -2.34. The number of hydrogen-bond donors (Lipinski definition) is 1. The Kier molecular flexibility index (Phi) is 7.45. The van der Waals surface area contributed by atoms with E-state index in [1.165, 1.54) is 16.7 Å². The second-order valence-corrected chi connectivity index (χ2v) is 10.3. The first-order valence-corrected chi connectivity index (χ1v) is 13.6. The van der Waals surface area contributed by atoms with Crippen LogP contribution >= 0.6 is 23.4 Å². The van der Waals surface area contributed by atoms with E-state index in [-0.39, 0.29) is 18.4 Å². The number of nitriles is 1. The van der Waals surface area contributed by atoms with Crippen LogP contribution in [0.2, 0.25) is 5.02 Å². The van der Waals surface area contributed by atoms with Crippen molar-refractivity contribution in [3.8, 4) is 17.4 Å². The SMILES string of the molecule is CCOC(=O)C1=C(CSc2nc3c(c(-c4ccco4)c2C#N)CCC3)N(C)C(=O)NC1c1ccc(Cl)cc1. The number of aryl methyl sites for hydroxylation is 1. The van der Waals surface area contributed by atoms with Gasteiger partial charge in [0.1, 0.15) is 16.9 Å². The molecule has 0 saturated carbocycles. The van der Waals surface area contributed by atoms with Crippen LogP contribution in [0.5, 0.6) is 0 Å². The van der Waals surface area contributed by atoms with Crippen LogP contribution in [0.4, 0.5) is 4.79 Å². The average molecular weight is 549 g/mol. The van der Waals surface area contributed by atoms with Gasteiger partial charge in [-0.15, -0.1) is 0 Å². The smallest absolute Gasteiger partial charge is 0.338 e. The quantitative estimate of drug-likeness (QED) is 0.299. The number of furan rings is 1. The van der Waals surface area contributed by atoms with E-state index < -0.39 is 12.0 Å². The van der Waals surface area contributed by atoms with Gasteiger partial charge in [0.2, 0.25) is 0 Å². The monoisotopic (exact) mass is 548 g/mol. The first kappa shape index (κ1) is 25.9. The third-order valence-corrected chi connectivity index (χ3v) is 7.93. The van der Waals surface area contributed by atoms with Crippen molar-refractivity contribution in [3.05, 3.63) is 81.3 Å². The van der Waals surface area contributed by atoms with Gasteiger partial charge >= 0.3 is 12.0 Å². The van der Waals surface area contributed by atoms with Crippen LogP contribution in [0.3, 0.4) is 0 Å². The van der Waals surface area contributed by atoms with Gasteiger partial charge in [0.05, 0.1) is 30.0 Å². The summed E-state index contributed by atoms with van der Waals surface area (Å²) >= 11 is 7.39. The molecule has 194 valence electrons. The number of amides is 2. The van der Waals surface area contributed by atoms with E-state index in [0.29, 0.717) is 38.2 Å². The second-order valence-electron chi connectivity index (χ2n) is 8.90. The molecule has 1 atom stereocenters. The molecular formula is C28H25ClN4O4S. The molecule has 0 fully saturated rings. The maximum absolute atomic E-state index is 13.2. The number of esters is 1. The zero-order valence-corrected chi connectivity index (χ0v) is 22.5. The molecule has 0 radical (unpaired) electrons. The molecule has 3 heterocycles. The van der Waals surface area contributed by atoms with Gasteiger partial charge in [0.25, 0.3) is 0 Å². The van der Waals surface area contributed by atoms with Gasteiger partial charge in [-0.3, -0.25) is 4.90 Å². The molecule has 2 amide bonds. The highest BCUT2D eigenvalue weighted by Crippen LogP contribution is 2.40. The van der Waals surface area contributed by atoms with Gasteiger partial charge in [-0.25, -0.2) is 14.6 Å². The number of pyridine rings is 1. The molecule has 2 aromatic heterocycles. The number of nitrogens with zero attached hydrogens (tertiary/aromatic N) is 3. The Hall–Kier alpha value is -3.74. The molecule has 1 unspecified atom stereocenters. The summed E-state index contributed by atoms with van der Waals surface area (Å²) < 4.78 is 11.1. The van der Waals surface area contributed by atoms with Gasteiger partial charge in [-0.05, 0) is 61.6 Å². The maximum Gasteiger partial charge on any atom is 0.338 e. The fourth-order valence-corrected chi connectivity index (χ4v) is 6.10. The van der Waals surface area contributed by atoms with E-state index in [4.69, 9.17) is 25.7 Å². The lowest BCUT2D eigenvalue weighted by molar-refractivity contribution is -0.139. The van der Waals surface area contributed by atoms with Crippen molar-refractivity contribution in [2.75, 3.05) is 19.4 Å². The molecular weight excluding hydrogens is 524 g/mol. The summed E-state index contributed by atoms with van der Waals surface area (Å²) in [6.45, 7) is 1.92. The third kappa shape index (κ3) is 4.77. The summed E-state index contributed by atoms with van der Waals surface area (Å²) in [7, 11) is 1.61. The second kappa shape index (κ2) is 10.9. The van der Waals surface area contributed by atoms with Crippen molar-refractivity contribution in [1.29, 1.82) is 5.26 Å². The van der Waals surface area contributed by atoms with Crippen LogP contribution in [-0.4, -0.2) is 41.3 Å². The Morgan fingerprint density at radius 1 is 1.32 bits per heavy atom. The van der Waals surface area contributed by atoms with Crippen molar-refractivity contribution in [3.63, 3.8) is 0 Å². The Morgan fingerprint density at radius 3 is 2.79 bits per heavy atom. The normalized spacial score (nSPS) is 16.7. The first-order valence-electron chi connectivity index (χ1n) is 12.2. The summed E-state index contributed by atoms with van der Waals surface area (Å²) in [6.07, 6.45) is 4.20. The highest BCUT2D eigenvalue weighted by molar-refractivity contribution is 7.99. The zero-order valence-electron chi connectivity index (χ0n) is 20.9. The van der Waals surface area contributed by atoms with Gasteiger partial charge < -0.3 is 14.5 Å². The molecule has 2 aliphatic rings. The topological polar surface area (TPSA) is 108 Å². The number of benzene rings is 1. The van der Waals surface area contributed by atoms with E-state index >= 15 is 0 Å². The number of hydrogen-bond acceptors (Lipinski definition) is 7. The number of carbonyl (C=O) groups excluding carboxylic acids is 2. The van der Waals surface area contributed by atoms with Crippen molar-refractivity contribution in [2.24, 2.45) is 0 Å². The lowest BCUT2D eigenvalue weighted by Crippen LogP contribution is -2.47. The lowest BCUT2D eigenvalue weighted by atomic mass is 9.95. The van der Waals surface area contributed by atoms with E-state index in [9.17, 15) is 14.9 Å². The highest BCUT2D eigenvalue weighted by atomic mass is 35.5. The minimum Gasteiger partial charge on any atom is -0.464 e. The van der Waals surface area contributed by atoms with Crippen LogP contribution in [0.15, 0.2) is 63.4 Å². The van der Waals surface area contributed by atoms with E-state index in [1.807, 2.05) is 6.07 Å². The number of thioether (sulfide) groups is 1. The molecule has 1 N–H and O–H groups in total. The maximum atomic E-state index is 13.2. The molecule has 8 nitrogen and oxygen atoms in total. The minimum atomic E-state index is -0.715. The van der Waals surface area contributed by atoms with Gasteiger partial charge in [-0.2, -0.15) is 5.26 Å². The fraction of sp³-hybridized carbons (Fsp3) is 0.286. The Balaban J connectivity index is 1.58. The van der Waals surface area contributed by atoms with Crippen molar-refractivity contribution in [1.82, 2.24) is 15.2 Å². The molecule has 3 aromatic rings.